The number of ketones is 1. The van der Waals surface area contributed by atoms with Crippen molar-refractivity contribution in [3.63, 3.8) is 0 Å². The molecule has 0 aromatic heterocycles. The van der Waals surface area contributed by atoms with Gasteiger partial charge >= 0.3 is 5.97 Å². The molecule has 0 fully saturated rings. The molecule has 0 spiro atoms. The van der Waals surface area contributed by atoms with E-state index in [0.29, 0.717) is 12.0 Å². The summed E-state index contributed by atoms with van der Waals surface area (Å²) in [5.41, 5.74) is 0.409. The number of esters is 1. The van der Waals surface area contributed by atoms with Crippen LogP contribution in [-0.2, 0) is 9.53 Å². The van der Waals surface area contributed by atoms with Crippen LogP contribution in [0.5, 0.6) is 0 Å². The summed E-state index contributed by atoms with van der Waals surface area (Å²) in [6.45, 7) is 4.92. The summed E-state index contributed by atoms with van der Waals surface area (Å²) in [6, 6.07) is 8.52. The zero-order chi connectivity index (χ0) is 14.4. The SMILES string of the molecule is CC[C@@H](C(=O)[C@H](C)OC(=O)c1ccccc1)[C@@H](C)O. The van der Waals surface area contributed by atoms with E-state index in [-0.39, 0.29) is 5.78 Å². The average Bonchev–Trinajstić information content (AvgIpc) is 2.39. The molecule has 19 heavy (non-hydrogen) atoms. The predicted molar refractivity (Wildman–Crippen MR) is 71.8 cm³/mol. The molecule has 0 bridgehead atoms. The highest BCUT2D eigenvalue weighted by molar-refractivity contribution is 5.93. The first-order valence-corrected chi connectivity index (χ1v) is 6.45. The molecule has 1 aromatic rings. The lowest BCUT2D eigenvalue weighted by Crippen LogP contribution is -2.35. The summed E-state index contributed by atoms with van der Waals surface area (Å²) < 4.78 is 5.13. The summed E-state index contributed by atoms with van der Waals surface area (Å²) in [4.78, 5) is 23.8. The van der Waals surface area contributed by atoms with Crippen molar-refractivity contribution in [2.45, 2.75) is 39.4 Å². The molecule has 0 amide bonds. The van der Waals surface area contributed by atoms with Crippen LogP contribution in [0.1, 0.15) is 37.6 Å². The molecule has 0 saturated heterocycles. The van der Waals surface area contributed by atoms with Gasteiger partial charge in [-0.05, 0) is 32.4 Å². The third-order valence-corrected chi connectivity index (χ3v) is 3.08. The predicted octanol–water partition coefficient (Wildman–Crippen LogP) is 2.21. The van der Waals surface area contributed by atoms with Gasteiger partial charge in [-0.3, -0.25) is 4.79 Å². The van der Waals surface area contributed by atoms with Crippen LogP contribution in [0.15, 0.2) is 30.3 Å². The van der Waals surface area contributed by atoms with E-state index in [2.05, 4.69) is 0 Å². The van der Waals surface area contributed by atoms with Gasteiger partial charge in [0, 0.05) is 5.92 Å². The van der Waals surface area contributed by atoms with Crippen molar-refractivity contribution in [1.29, 1.82) is 0 Å². The maximum Gasteiger partial charge on any atom is 0.338 e. The highest BCUT2D eigenvalue weighted by atomic mass is 16.5. The van der Waals surface area contributed by atoms with Gasteiger partial charge in [0.1, 0.15) is 0 Å². The molecule has 0 aliphatic carbocycles. The van der Waals surface area contributed by atoms with E-state index in [4.69, 9.17) is 4.74 Å². The second kappa shape index (κ2) is 7.04. The Labute approximate surface area is 113 Å². The van der Waals surface area contributed by atoms with Gasteiger partial charge in [-0.2, -0.15) is 0 Å². The topological polar surface area (TPSA) is 63.6 Å². The van der Waals surface area contributed by atoms with Crippen LogP contribution >= 0.6 is 0 Å². The van der Waals surface area contributed by atoms with Crippen molar-refractivity contribution in [2.75, 3.05) is 0 Å². The lowest BCUT2D eigenvalue weighted by Gasteiger charge is -2.21. The highest BCUT2D eigenvalue weighted by Crippen LogP contribution is 2.15. The Morgan fingerprint density at radius 2 is 1.79 bits per heavy atom. The van der Waals surface area contributed by atoms with E-state index in [1.165, 1.54) is 6.92 Å². The van der Waals surface area contributed by atoms with Crippen molar-refractivity contribution in [3.8, 4) is 0 Å². The molecular weight excluding hydrogens is 244 g/mol. The number of carbonyl (C=O) groups excluding carboxylic acids is 2. The lowest BCUT2D eigenvalue weighted by molar-refractivity contribution is -0.134. The summed E-state index contributed by atoms with van der Waals surface area (Å²) in [5, 5.41) is 9.52. The molecule has 3 atom stereocenters. The average molecular weight is 264 g/mol. The number of ether oxygens (including phenoxy) is 1. The van der Waals surface area contributed by atoms with Crippen molar-refractivity contribution in [2.24, 2.45) is 5.92 Å². The first kappa shape index (κ1) is 15.4. The zero-order valence-electron chi connectivity index (χ0n) is 11.5. The highest BCUT2D eigenvalue weighted by Gasteiger charge is 2.28. The van der Waals surface area contributed by atoms with Gasteiger partial charge in [0.25, 0.3) is 0 Å². The fraction of sp³-hybridized carbons (Fsp3) is 0.467. The Kier molecular flexibility index (Phi) is 5.70. The molecule has 0 heterocycles. The molecule has 0 radical (unpaired) electrons. The largest absolute Gasteiger partial charge is 0.451 e. The minimum atomic E-state index is -0.854. The number of rotatable bonds is 6. The Bertz CT molecular complexity index is 425. The van der Waals surface area contributed by atoms with E-state index in [1.807, 2.05) is 6.92 Å². The number of hydrogen-bond donors (Lipinski definition) is 1. The Balaban J connectivity index is 2.67. The first-order valence-electron chi connectivity index (χ1n) is 6.45. The Morgan fingerprint density at radius 3 is 2.26 bits per heavy atom. The fourth-order valence-electron chi connectivity index (χ4n) is 1.94. The van der Waals surface area contributed by atoms with Crippen molar-refractivity contribution in [1.82, 2.24) is 0 Å². The summed E-state index contributed by atoms with van der Waals surface area (Å²) in [7, 11) is 0. The normalized spacial score (nSPS) is 15.4. The van der Waals surface area contributed by atoms with E-state index >= 15 is 0 Å². The van der Waals surface area contributed by atoms with Gasteiger partial charge in [0.15, 0.2) is 11.9 Å². The van der Waals surface area contributed by atoms with Gasteiger partial charge in [-0.1, -0.05) is 25.1 Å². The van der Waals surface area contributed by atoms with E-state index < -0.39 is 24.1 Å². The molecule has 4 nitrogen and oxygen atoms in total. The van der Waals surface area contributed by atoms with Gasteiger partial charge in [0.05, 0.1) is 11.7 Å². The van der Waals surface area contributed by atoms with Crippen molar-refractivity contribution < 1.29 is 19.4 Å². The molecule has 0 aliphatic heterocycles. The summed E-state index contributed by atoms with van der Waals surface area (Å²) in [5.74, 6) is -1.28. The summed E-state index contributed by atoms with van der Waals surface area (Å²) in [6.07, 6.45) is -1.08. The molecule has 1 aromatic carbocycles. The van der Waals surface area contributed by atoms with Gasteiger partial charge < -0.3 is 9.84 Å². The third kappa shape index (κ3) is 4.17. The van der Waals surface area contributed by atoms with Crippen LogP contribution in [0.2, 0.25) is 0 Å². The first-order chi connectivity index (χ1) is 8.97. The van der Waals surface area contributed by atoms with Crippen molar-refractivity contribution >= 4 is 11.8 Å². The number of carbonyl (C=O) groups is 2. The lowest BCUT2D eigenvalue weighted by atomic mass is 9.93. The number of hydrogen-bond acceptors (Lipinski definition) is 4. The van der Waals surface area contributed by atoms with Crippen LogP contribution in [0.3, 0.4) is 0 Å². The second-order valence-electron chi connectivity index (χ2n) is 4.57. The molecular formula is C15H20O4. The van der Waals surface area contributed by atoms with E-state index in [9.17, 15) is 14.7 Å². The maximum absolute atomic E-state index is 12.0. The number of aliphatic hydroxyl groups excluding tert-OH is 1. The Morgan fingerprint density at radius 1 is 1.21 bits per heavy atom. The number of aliphatic hydroxyl groups is 1. The molecule has 0 saturated carbocycles. The van der Waals surface area contributed by atoms with Crippen LogP contribution in [-0.4, -0.2) is 29.1 Å². The molecule has 104 valence electrons. The molecule has 4 heteroatoms. The van der Waals surface area contributed by atoms with Crippen molar-refractivity contribution in [3.05, 3.63) is 35.9 Å². The minimum Gasteiger partial charge on any atom is -0.451 e. The quantitative estimate of drug-likeness (QED) is 0.800. The molecule has 1 N–H and O–H groups in total. The van der Waals surface area contributed by atoms with E-state index in [0.717, 1.165) is 0 Å². The number of Topliss-reactive ketones (excluding diaryl/α,β-unsaturated/α-hetero) is 1. The fourth-order valence-corrected chi connectivity index (χ4v) is 1.94. The number of benzene rings is 1. The minimum absolute atomic E-state index is 0.248. The van der Waals surface area contributed by atoms with Crippen LogP contribution < -0.4 is 0 Å². The standard InChI is InChI=1S/C15H20O4/c1-4-13(10(2)16)14(17)11(3)19-15(18)12-8-6-5-7-9-12/h5-11,13,16H,4H2,1-3H3/t10-,11+,13-/m1/s1. The summed E-state index contributed by atoms with van der Waals surface area (Å²) >= 11 is 0. The van der Waals surface area contributed by atoms with E-state index in [1.54, 1.807) is 37.3 Å². The van der Waals surface area contributed by atoms with Crippen LogP contribution in [0, 0.1) is 5.92 Å². The molecule has 1 rings (SSSR count). The van der Waals surface area contributed by atoms with Gasteiger partial charge in [-0.25, -0.2) is 4.79 Å². The maximum atomic E-state index is 12.0. The third-order valence-electron chi connectivity index (χ3n) is 3.08. The molecule has 0 unspecified atom stereocenters. The van der Waals surface area contributed by atoms with Gasteiger partial charge in [0.2, 0.25) is 0 Å². The van der Waals surface area contributed by atoms with Crippen LogP contribution in [0.4, 0.5) is 0 Å². The van der Waals surface area contributed by atoms with Crippen LogP contribution in [0.25, 0.3) is 0 Å². The zero-order valence-corrected chi connectivity index (χ0v) is 11.5. The monoisotopic (exact) mass is 264 g/mol. The Hall–Kier alpha value is -1.68. The molecule has 0 aliphatic rings. The van der Waals surface area contributed by atoms with Gasteiger partial charge in [-0.15, -0.1) is 0 Å². The smallest absolute Gasteiger partial charge is 0.338 e. The second-order valence-corrected chi connectivity index (χ2v) is 4.57.